The highest BCUT2D eigenvalue weighted by Gasteiger charge is 2.12. The Bertz CT molecular complexity index is 618. The molecule has 0 aliphatic heterocycles. The van der Waals surface area contributed by atoms with Crippen molar-refractivity contribution in [2.24, 2.45) is 5.73 Å². The average molecular weight is 342 g/mol. The highest BCUT2D eigenvalue weighted by atomic mass is 35.5. The van der Waals surface area contributed by atoms with Crippen LogP contribution in [0, 0.1) is 0 Å². The van der Waals surface area contributed by atoms with Crippen molar-refractivity contribution in [1.29, 1.82) is 0 Å². The third-order valence-corrected chi connectivity index (χ3v) is 4.02. The fourth-order valence-corrected chi connectivity index (χ4v) is 2.65. The highest BCUT2D eigenvalue weighted by molar-refractivity contribution is 7.09. The molecule has 0 spiro atoms. The molecule has 2 aromatic rings. The number of benzene rings is 1. The number of carbonyl (C=O) groups excluding carboxylic acids is 1. The maximum Gasteiger partial charge on any atom is 0.275 e. The van der Waals surface area contributed by atoms with E-state index in [1.165, 1.54) is 11.3 Å². The van der Waals surface area contributed by atoms with Crippen molar-refractivity contribution < 1.29 is 9.53 Å². The molecule has 1 amide bonds. The Balaban J connectivity index is 0.00000242. The second-order valence-electron chi connectivity index (χ2n) is 4.62. The maximum absolute atomic E-state index is 12.2. The molecule has 22 heavy (non-hydrogen) atoms. The summed E-state index contributed by atoms with van der Waals surface area (Å²) in [5, 5.41) is 5.48. The molecule has 7 heteroatoms. The van der Waals surface area contributed by atoms with E-state index in [1.54, 1.807) is 12.5 Å². The zero-order chi connectivity index (χ0) is 15.2. The Morgan fingerprint density at radius 3 is 2.95 bits per heavy atom. The normalized spacial score (nSPS) is 11.6. The molecular formula is C15H20ClN3O2S. The van der Waals surface area contributed by atoms with Crippen LogP contribution in [0.15, 0.2) is 29.6 Å². The van der Waals surface area contributed by atoms with E-state index >= 15 is 0 Å². The van der Waals surface area contributed by atoms with Crippen molar-refractivity contribution in [2.75, 3.05) is 19.0 Å². The number of methoxy groups -OCH3 is 1. The van der Waals surface area contributed by atoms with Gasteiger partial charge in [-0.05, 0) is 31.2 Å². The number of carbonyl (C=O) groups is 1. The minimum Gasteiger partial charge on any atom is -0.377 e. The third-order valence-electron chi connectivity index (χ3n) is 3.11. The lowest BCUT2D eigenvalue weighted by Gasteiger charge is -2.11. The summed E-state index contributed by atoms with van der Waals surface area (Å²) in [6.45, 7) is 2.49. The maximum atomic E-state index is 12.2. The van der Waals surface area contributed by atoms with Crippen LogP contribution in [0.5, 0.6) is 0 Å². The van der Waals surface area contributed by atoms with Crippen LogP contribution in [-0.4, -0.2) is 24.5 Å². The minimum absolute atomic E-state index is 0. The van der Waals surface area contributed by atoms with E-state index in [1.807, 2.05) is 31.2 Å². The largest absolute Gasteiger partial charge is 0.377 e. The van der Waals surface area contributed by atoms with Crippen molar-refractivity contribution in [3.05, 3.63) is 45.9 Å². The van der Waals surface area contributed by atoms with Crippen LogP contribution in [0.2, 0.25) is 0 Å². The Morgan fingerprint density at radius 2 is 2.27 bits per heavy atom. The summed E-state index contributed by atoms with van der Waals surface area (Å²) in [5.74, 6) is -0.211. The molecule has 1 aromatic carbocycles. The molecule has 0 radical (unpaired) electrons. The van der Waals surface area contributed by atoms with E-state index in [0.717, 1.165) is 16.3 Å². The van der Waals surface area contributed by atoms with Crippen molar-refractivity contribution in [3.8, 4) is 0 Å². The third kappa shape index (κ3) is 4.78. The van der Waals surface area contributed by atoms with E-state index in [2.05, 4.69) is 10.3 Å². The van der Waals surface area contributed by atoms with Crippen LogP contribution >= 0.6 is 23.7 Å². The number of amides is 1. The molecule has 0 bridgehead atoms. The molecule has 1 unspecified atom stereocenters. The monoisotopic (exact) mass is 341 g/mol. The van der Waals surface area contributed by atoms with Crippen LogP contribution in [0.4, 0.5) is 5.69 Å². The number of nitrogens with two attached hydrogens (primary N) is 1. The highest BCUT2D eigenvalue weighted by Crippen LogP contribution is 2.20. The van der Waals surface area contributed by atoms with Gasteiger partial charge in [0.25, 0.3) is 5.91 Å². The van der Waals surface area contributed by atoms with Crippen LogP contribution in [-0.2, 0) is 11.2 Å². The van der Waals surface area contributed by atoms with Gasteiger partial charge in [-0.25, -0.2) is 4.98 Å². The van der Waals surface area contributed by atoms with Gasteiger partial charge in [0.15, 0.2) is 0 Å². The second-order valence-corrected chi connectivity index (χ2v) is 5.57. The van der Waals surface area contributed by atoms with Gasteiger partial charge >= 0.3 is 0 Å². The number of aromatic nitrogens is 1. The fraction of sp³-hybridized carbons (Fsp3) is 0.333. The summed E-state index contributed by atoms with van der Waals surface area (Å²) in [6, 6.07) is 7.60. The lowest BCUT2D eigenvalue weighted by atomic mass is 10.1. The van der Waals surface area contributed by atoms with E-state index < -0.39 is 0 Å². The lowest BCUT2D eigenvalue weighted by Crippen LogP contribution is -2.13. The van der Waals surface area contributed by atoms with E-state index in [0.29, 0.717) is 18.7 Å². The van der Waals surface area contributed by atoms with Crippen LogP contribution < -0.4 is 11.1 Å². The number of halogens is 1. The van der Waals surface area contributed by atoms with Gasteiger partial charge in [0.2, 0.25) is 0 Å². The Kier molecular flexibility index (Phi) is 7.47. The van der Waals surface area contributed by atoms with Crippen LogP contribution in [0.25, 0.3) is 0 Å². The van der Waals surface area contributed by atoms with Gasteiger partial charge in [-0.3, -0.25) is 4.79 Å². The average Bonchev–Trinajstić information content (AvgIpc) is 2.96. The number of nitrogens with zero attached hydrogens (tertiary/aromatic N) is 1. The molecular weight excluding hydrogens is 322 g/mol. The van der Waals surface area contributed by atoms with E-state index in [4.69, 9.17) is 10.5 Å². The quantitative estimate of drug-likeness (QED) is 0.846. The first-order valence-corrected chi connectivity index (χ1v) is 7.60. The number of anilines is 1. The summed E-state index contributed by atoms with van der Waals surface area (Å²) in [7, 11) is 1.66. The SMILES string of the molecule is COC(C)c1cccc(NC(=O)c2csc(CCN)n2)c1.Cl. The van der Waals surface area contributed by atoms with Crippen molar-refractivity contribution in [2.45, 2.75) is 19.4 Å². The fourth-order valence-electron chi connectivity index (χ4n) is 1.85. The molecule has 0 fully saturated rings. The smallest absolute Gasteiger partial charge is 0.275 e. The predicted octanol–water partition coefficient (Wildman–Crippen LogP) is 3.03. The number of hydrogen-bond donors (Lipinski definition) is 2. The van der Waals surface area contributed by atoms with Gasteiger partial charge in [0.1, 0.15) is 5.69 Å². The molecule has 0 saturated heterocycles. The first-order chi connectivity index (χ1) is 10.1. The van der Waals surface area contributed by atoms with Gasteiger partial charge < -0.3 is 15.8 Å². The number of rotatable bonds is 6. The molecule has 120 valence electrons. The lowest BCUT2D eigenvalue weighted by molar-refractivity contribution is 0.102. The predicted molar refractivity (Wildman–Crippen MR) is 91.9 cm³/mol. The molecule has 3 N–H and O–H groups in total. The molecule has 1 aromatic heterocycles. The Morgan fingerprint density at radius 1 is 1.50 bits per heavy atom. The molecule has 1 atom stereocenters. The van der Waals surface area contributed by atoms with E-state index in [9.17, 15) is 4.79 Å². The number of hydrogen-bond acceptors (Lipinski definition) is 5. The molecule has 0 aliphatic rings. The van der Waals surface area contributed by atoms with Crippen molar-refractivity contribution >= 4 is 35.3 Å². The summed E-state index contributed by atoms with van der Waals surface area (Å²) >= 11 is 1.45. The summed E-state index contributed by atoms with van der Waals surface area (Å²) in [5.41, 5.74) is 7.65. The standard InChI is InChI=1S/C15H19N3O2S.ClH/c1-10(20-2)11-4-3-5-12(8-11)17-15(19)13-9-21-14(18-13)6-7-16;/h3-5,8-10H,6-7,16H2,1-2H3,(H,17,19);1H. The minimum atomic E-state index is -0.211. The molecule has 5 nitrogen and oxygen atoms in total. The van der Waals surface area contributed by atoms with Gasteiger partial charge in [-0.2, -0.15) is 0 Å². The Labute approximate surface area is 140 Å². The molecule has 2 rings (SSSR count). The molecule has 0 aliphatic carbocycles. The molecule has 0 saturated carbocycles. The first-order valence-electron chi connectivity index (χ1n) is 6.72. The Hall–Kier alpha value is -1.47. The zero-order valence-corrected chi connectivity index (χ0v) is 14.2. The van der Waals surface area contributed by atoms with Crippen molar-refractivity contribution in [3.63, 3.8) is 0 Å². The van der Waals surface area contributed by atoms with E-state index in [-0.39, 0.29) is 24.4 Å². The van der Waals surface area contributed by atoms with Crippen molar-refractivity contribution in [1.82, 2.24) is 4.98 Å². The van der Waals surface area contributed by atoms with Gasteiger partial charge in [-0.1, -0.05) is 12.1 Å². The topological polar surface area (TPSA) is 77.2 Å². The number of thiazole rings is 1. The van der Waals surface area contributed by atoms with Crippen LogP contribution in [0.3, 0.4) is 0 Å². The van der Waals surface area contributed by atoms with Gasteiger partial charge in [0.05, 0.1) is 11.1 Å². The molecule has 1 heterocycles. The van der Waals surface area contributed by atoms with Gasteiger partial charge in [0, 0.05) is 24.6 Å². The zero-order valence-electron chi connectivity index (χ0n) is 12.5. The summed E-state index contributed by atoms with van der Waals surface area (Å²) in [4.78, 5) is 16.4. The first kappa shape index (κ1) is 18.6. The second kappa shape index (κ2) is 8.85. The number of nitrogens with one attached hydrogen (secondary N) is 1. The number of ether oxygens (including phenoxy) is 1. The summed E-state index contributed by atoms with van der Waals surface area (Å²) in [6.07, 6.45) is 0.677. The van der Waals surface area contributed by atoms with Gasteiger partial charge in [-0.15, -0.1) is 23.7 Å². The van der Waals surface area contributed by atoms with Crippen LogP contribution in [0.1, 0.15) is 34.1 Å². The summed E-state index contributed by atoms with van der Waals surface area (Å²) < 4.78 is 5.28.